The fourth-order valence-corrected chi connectivity index (χ4v) is 2.68. The van der Waals surface area contributed by atoms with Crippen LogP contribution in [0.1, 0.15) is 22.8 Å². The average Bonchev–Trinajstić information content (AvgIpc) is 2.29. The number of aliphatic hydroxyl groups excluding tert-OH is 1. The second-order valence-electron chi connectivity index (χ2n) is 3.92. The first-order valence-electron chi connectivity index (χ1n) is 5.28. The Hall–Kier alpha value is -0.830. The van der Waals surface area contributed by atoms with Crippen molar-refractivity contribution in [3.05, 3.63) is 68.7 Å². The van der Waals surface area contributed by atoms with Crippen molar-refractivity contribution in [3.8, 4) is 0 Å². The highest BCUT2D eigenvalue weighted by molar-refractivity contribution is 9.10. The second-order valence-corrected chi connectivity index (χ2v) is 5.22. The Morgan fingerprint density at radius 2 is 1.82 bits per heavy atom. The molecule has 1 nitrogen and oxygen atoms in total. The van der Waals surface area contributed by atoms with E-state index in [1.807, 2.05) is 37.3 Å². The minimum Gasteiger partial charge on any atom is -0.384 e. The molecule has 2 aromatic carbocycles. The fourth-order valence-electron chi connectivity index (χ4n) is 1.78. The quantitative estimate of drug-likeness (QED) is 0.866. The van der Waals surface area contributed by atoms with Crippen molar-refractivity contribution in [2.24, 2.45) is 0 Å². The zero-order chi connectivity index (χ0) is 12.4. The summed E-state index contributed by atoms with van der Waals surface area (Å²) in [6, 6.07) is 13.2. The van der Waals surface area contributed by atoms with Crippen molar-refractivity contribution >= 4 is 27.5 Å². The predicted octanol–water partition coefficient (Wildman–Crippen LogP) is 4.49. The van der Waals surface area contributed by atoms with Gasteiger partial charge >= 0.3 is 0 Å². The van der Waals surface area contributed by atoms with E-state index in [-0.39, 0.29) is 0 Å². The third-order valence-electron chi connectivity index (χ3n) is 2.74. The number of halogens is 2. The van der Waals surface area contributed by atoms with Crippen molar-refractivity contribution in [1.29, 1.82) is 0 Å². The Labute approximate surface area is 114 Å². The van der Waals surface area contributed by atoms with E-state index in [4.69, 9.17) is 11.6 Å². The molecule has 0 bridgehead atoms. The Morgan fingerprint density at radius 3 is 2.47 bits per heavy atom. The summed E-state index contributed by atoms with van der Waals surface area (Å²) in [5, 5.41) is 11.0. The molecule has 0 aliphatic rings. The van der Waals surface area contributed by atoms with Gasteiger partial charge in [-0.3, -0.25) is 0 Å². The molecule has 17 heavy (non-hydrogen) atoms. The van der Waals surface area contributed by atoms with E-state index < -0.39 is 6.10 Å². The van der Waals surface area contributed by atoms with Crippen molar-refractivity contribution in [1.82, 2.24) is 0 Å². The summed E-state index contributed by atoms with van der Waals surface area (Å²) >= 11 is 9.31. The summed E-state index contributed by atoms with van der Waals surface area (Å²) < 4.78 is 0.820. The maximum absolute atomic E-state index is 10.4. The van der Waals surface area contributed by atoms with Gasteiger partial charge < -0.3 is 5.11 Å². The van der Waals surface area contributed by atoms with Crippen LogP contribution in [0.25, 0.3) is 0 Å². The Bertz CT molecular complexity index is 539. The van der Waals surface area contributed by atoms with Crippen LogP contribution < -0.4 is 0 Å². The predicted molar refractivity (Wildman–Crippen MR) is 74.4 cm³/mol. The molecule has 0 heterocycles. The summed E-state index contributed by atoms with van der Waals surface area (Å²) in [5.41, 5.74) is 2.81. The van der Waals surface area contributed by atoms with E-state index in [1.54, 1.807) is 12.1 Å². The Morgan fingerprint density at radius 1 is 1.12 bits per heavy atom. The average molecular weight is 312 g/mol. The van der Waals surface area contributed by atoms with E-state index >= 15 is 0 Å². The van der Waals surface area contributed by atoms with Gasteiger partial charge in [0.25, 0.3) is 0 Å². The van der Waals surface area contributed by atoms with E-state index in [0.717, 1.165) is 21.2 Å². The van der Waals surface area contributed by atoms with Gasteiger partial charge in [-0.1, -0.05) is 57.9 Å². The van der Waals surface area contributed by atoms with Gasteiger partial charge in [0.05, 0.1) is 0 Å². The van der Waals surface area contributed by atoms with Crippen LogP contribution in [-0.2, 0) is 0 Å². The summed E-state index contributed by atoms with van der Waals surface area (Å²) in [6.45, 7) is 1.99. The van der Waals surface area contributed by atoms with Gasteiger partial charge in [0.2, 0.25) is 0 Å². The first-order valence-corrected chi connectivity index (χ1v) is 6.45. The molecule has 0 spiro atoms. The minimum atomic E-state index is -0.636. The van der Waals surface area contributed by atoms with Crippen LogP contribution in [0.5, 0.6) is 0 Å². The topological polar surface area (TPSA) is 20.2 Å². The van der Waals surface area contributed by atoms with Gasteiger partial charge in [-0.25, -0.2) is 0 Å². The van der Waals surface area contributed by atoms with Crippen LogP contribution in [-0.4, -0.2) is 5.11 Å². The molecule has 3 heteroatoms. The lowest BCUT2D eigenvalue weighted by atomic mass is 9.98. The van der Waals surface area contributed by atoms with E-state index in [9.17, 15) is 5.11 Å². The molecule has 0 aromatic heterocycles. The van der Waals surface area contributed by atoms with Gasteiger partial charge in [0.1, 0.15) is 6.10 Å². The number of benzene rings is 2. The van der Waals surface area contributed by atoms with Gasteiger partial charge in [-0.05, 0) is 35.7 Å². The summed E-state index contributed by atoms with van der Waals surface area (Å²) in [6.07, 6.45) is -0.636. The highest BCUT2D eigenvalue weighted by atomic mass is 79.9. The third kappa shape index (κ3) is 2.71. The Balaban J connectivity index is 2.44. The van der Waals surface area contributed by atoms with Crippen LogP contribution in [0.4, 0.5) is 0 Å². The first-order chi connectivity index (χ1) is 8.09. The summed E-state index contributed by atoms with van der Waals surface area (Å²) in [4.78, 5) is 0. The molecular formula is C14H12BrClO. The molecule has 1 unspecified atom stereocenters. The Kier molecular flexibility index (Phi) is 3.87. The molecule has 0 aliphatic heterocycles. The zero-order valence-electron chi connectivity index (χ0n) is 9.32. The summed E-state index contributed by atoms with van der Waals surface area (Å²) in [7, 11) is 0. The third-order valence-corrected chi connectivity index (χ3v) is 3.66. The van der Waals surface area contributed by atoms with Crippen LogP contribution >= 0.6 is 27.5 Å². The van der Waals surface area contributed by atoms with E-state index in [1.165, 1.54) is 0 Å². The standard InChI is InChI=1S/C14H12BrClO/c1-9-4-2-3-5-11(9)14(17)12-7-6-10(16)8-13(12)15/h2-8,14,17H,1H3. The SMILES string of the molecule is Cc1ccccc1C(O)c1ccc(Cl)cc1Br. The van der Waals surface area contributed by atoms with Gasteiger partial charge in [0, 0.05) is 9.50 Å². The molecule has 0 radical (unpaired) electrons. The zero-order valence-corrected chi connectivity index (χ0v) is 11.7. The number of hydrogen-bond donors (Lipinski definition) is 1. The second kappa shape index (κ2) is 5.21. The van der Waals surface area contributed by atoms with Crippen molar-refractivity contribution < 1.29 is 5.11 Å². The number of rotatable bonds is 2. The van der Waals surface area contributed by atoms with Crippen LogP contribution in [0.2, 0.25) is 5.02 Å². The number of aryl methyl sites for hydroxylation is 1. The largest absolute Gasteiger partial charge is 0.384 e. The number of aliphatic hydroxyl groups is 1. The molecule has 88 valence electrons. The molecule has 0 amide bonds. The van der Waals surface area contributed by atoms with Gasteiger partial charge in [-0.2, -0.15) is 0 Å². The molecule has 2 rings (SSSR count). The normalized spacial score (nSPS) is 12.5. The lowest BCUT2D eigenvalue weighted by Gasteiger charge is -2.15. The molecule has 2 aromatic rings. The molecule has 0 saturated heterocycles. The van der Waals surface area contributed by atoms with Crippen molar-refractivity contribution in [2.45, 2.75) is 13.0 Å². The minimum absolute atomic E-state index is 0.636. The highest BCUT2D eigenvalue weighted by Gasteiger charge is 2.15. The van der Waals surface area contributed by atoms with Crippen LogP contribution in [0, 0.1) is 6.92 Å². The first kappa shape index (κ1) is 12.6. The summed E-state index contributed by atoms with van der Waals surface area (Å²) in [5.74, 6) is 0. The fraction of sp³-hybridized carbons (Fsp3) is 0.143. The van der Waals surface area contributed by atoms with Gasteiger partial charge in [-0.15, -0.1) is 0 Å². The smallest absolute Gasteiger partial charge is 0.105 e. The monoisotopic (exact) mass is 310 g/mol. The molecule has 0 saturated carbocycles. The van der Waals surface area contributed by atoms with Crippen molar-refractivity contribution in [2.75, 3.05) is 0 Å². The molecule has 0 fully saturated rings. The number of hydrogen-bond acceptors (Lipinski definition) is 1. The van der Waals surface area contributed by atoms with Crippen LogP contribution in [0.15, 0.2) is 46.9 Å². The molecule has 1 N–H and O–H groups in total. The van der Waals surface area contributed by atoms with Gasteiger partial charge in [0.15, 0.2) is 0 Å². The lowest BCUT2D eigenvalue weighted by Crippen LogP contribution is -2.02. The maximum Gasteiger partial charge on any atom is 0.105 e. The molecule has 1 atom stereocenters. The van der Waals surface area contributed by atoms with E-state index in [0.29, 0.717) is 5.02 Å². The van der Waals surface area contributed by atoms with Crippen molar-refractivity contribution in [3.63, 3.8) is 0 Å². The van der Waals surface area contributed by atoms with Crippen LogP contribution in [0.3, 0.4) is 0 Å². The molecular weight excluding hydrogens is 300 g/mol. The van der Waals surface area contributed by atoms with E-state index in [2.05, 4.69) is 15.9 Å². The lowest BCUT2D eigenvalue weighted by molar-refractivity contribution is 0.219. The maximum atomic E-state index is 10.4. The molecule has 0 aliphatic carbocycles. The highest BCUT2D eigenvalue weighted by Crippen LogP contribution is 2.31.